The molecule has 6 nitrogen and oxygen atoms in total. The molecule has 1 aliphatic heterocycles. The molecule has 1 aromatic carbocycles. The van der Waals surface area contributed by atoms with Gasteiger partial charge < -0.3 is 4.74 Å². The summed E-state index contributed by atoms with van der Waals surface area (Å²) in [6.45, 7) is 8.15. The van der Waals surface area contributed by atoms with Crippen LogP contribution in [0.5, 0.6) is 0 Å². The molecule has 0 spiro atoms. The first-order chi connectivity index (χ1) is 13.2. The van der Waals surface area contributed by atoms with Crippen LogP contribution in [-0.4, -0.2) is 39.1 Å². The Balaban J connectivity index is 1.73. The van der Waals surface area contributed by atoms with Gasteiger partial charge in [0.05, 0.1) is 6.04 Å². The Morgan fingerprint density at radius 1 is 1.32 bits per heavy atom. The number of nitrogens with zero attached hydrogens (tertiary/aromatic N) is 3. The van der Waals surface area contributed by atoms with Crippen molar-refractivity contribution >= 4 is 39.1 Å². The van der Waals surface area contributed by atoms with Crippen molar-refractivity contribution in [2.75, 3.05) is 6.54 Å². The van der Waals surface area contributed by atoms with Crippen molar-refractivity contribution in [3.05, 3.63) is 43.8 Å². The molecule has 0 radical (unpaired) electrons. The van der Waals surface area contributed by atoms with E-state index in [1.165, 1.54) is 11.3 Å². The van der Waals surface area contributed by atoms with Gasteiger partial charge in [0.2, 0.25) is 0 Å². The van der Waals surface area contributed by atoms with E-state index in [2.05, 4.69) is 26.1 Å². The van der Waals surface area contributed by atoms with E-state index in [-0.39, 0.29) is 24.3 Å². The molecule has 8 heteroatoms. The number of amides is 1. The minimum atomic E-state index is -0.547. The van der Waals surface area contributed by atoms with Gasteiger partial charge >= 0.3 is 6.09 Å². The molecule has 0 N–H and O–H groups in total. The van der Waals surface area contributed by atoms with Crippen molar-refractivity contribution in [3.8, 4) is 0 Å². The Kier molecular flexibility index (Phi) is 6.19. The number of likely N-dealkylation sites (tertiary alicyclic amines) is 1. The average molecular weight is 466 g/mol. The zero-order valence-electron chi connectivity index (χ0n) is 16.5. The Morgan fingerprint density at radius 2 is 2.07 bits per heavy atom. The summed E-state index contributed by atoms with van der Waals surface area (Å²) in [5.41, 5.74) is 1.47. The number of ketones is 1. The lowest BCUT2D eigenvalue weighted by Crippen LogP contribution is -2.36. The van der Waals surface area contributed by atoms with Crippen LogP contribution in [0.2, 0.25) is 0 Å². The van der Waals surface area contributed by atoms with Crippen molar-refractivity contribution in [2.24, 2.45) is 0 Å². The van der Waals surface area contributed by atoms with E-state index in [4.69, 9.17) is 4.74 Å². The lowest BCUT2D eigenvalue weighted by atomic mass is 10.0. The summed E-state index contributed by atoms with van der Waals surface area (Å²) in [6, 6.07) is 5.64. The van der Waals surface area contributed by atoms with Crippen molar-refractivity contribution in [3.63, 3.8) is 0 Å². The van der Waals surface area contributed by atoms with Crippen LogP contribution in [0, 0.1) is 6.92 Å². The van der Waals surface area contributed by atoms with Gasteiger partial charge in [0.1, 0.15) is 10.6 Å². The Bertz CT molecular complexity index is 891. The predicted octanol–water partition coefficient (Wildman–Crippen LogP) is 5.11. The number of hydrogen-bond donors (Lipinski definition) is 0. The number of hydrogen-bond acceptors (Lipinski definition) is 6. The summed E-state index contributed by atoms with van der Waals surface area (Å²) in [5, 5.41) is 9.40. The van der Waals surface area contributed by atoms with E-state index in [1.807, 2.05) is 45.9 Å². The zero-order valence-corrected chi connectivity index (χ0v) is 18.9. The summed E-state index contributed by atoms with van der Waals surface area (Å²) in [6.07, 6.45) is 1.61. The molecule has 150 valence electrons. The second-order valence-corrected chi connectivity index (χ2v) is 9.76. The molecular weight excluding hydrogens is 442 g/mol. The molecule has 1 amide bonds. The van der Waals surface area contributed by atoms with Gasteiger partial charge in [-0.3, -0.25) is 9.69 Å². The Hall–Kier alpha value is -1.80. The minimum Gasteiger partial charge on any atom is -0.444 e. The number of carbonyl (C=O) groups is 2. The second kappa shape index (κ2) is 8.29. The van der Waals surface area contributed by atoms with Gasteiger partial charge in [0.25, 0.3) is 0 Å². The maximum absolute atomic E-state index is 12.7. The number of halogens is 1. The SMILES string of the molecule is Cc1c(Br)cccc1CC(=O)c1nnc([C@@H]2CCCN2C(=O)OC(C)(C)C)s1. The lowest BCUT2D eigenvalue weighted by molar-refractivity contribution is 0.0224. The third-order valence-corrected chi connectivity index (χ3v) is 6.50. The topological polar surface area (TPSA) is 72.4 Å². The summed E-state index contributed by atoms with van der Waals surface area (Å²) in [7, 11) is 0. The molecule has 1 saturated heterocycles. The highest BCUT2D eigenvalue weighted by Gasteiger charge is 2.35. The van der Waals surface area contributed by atoms with E-state index in [0.717, 1.165) is 28.4 Å². The first-order valence-corrected chi connectivity index (χ1v) is 10.9. The zero-order chi connectivity index (χ0) is 20.5. The smallest absolute Gasteiger partial charge is 0.410 e. The largest absolute Gasteiger partial charge is 0.444 e. The highest BCUT2D eigenvalue weighted by molar-refractivity contribution is 9.10. The van der Waals surface area contributed by atoms with Gasteiger partial charge in [-0.25, -0.2) is 4.79 Å². The number of rotatable bonds is 4. The molecule has 0 unspecified atom stereocenters. The molecule has 1 fully saturated rings. The van der Waals surface area contributed by atoms with Crippen LogP contribution in [-0.2, 0) is 11.2 Å². The fraction of sp³-hybridized carbons (Fsp3) is 0.500. The molecule has 1 aliphatic rings. The van der Waals surface area contributed by atoms with Crippen molar-refractivity contribution in [2.45, 2.75) is 58.6 Å². The molecule has 2 heterocycles. The average Bonchev–Trinajstić information content (AvgIpc) is 3.26. The monoisotopic (exact) mass is 465 g/mol. The van der Waals surface area contributed by atoms with Gasteiger partial charge in [-0.05, 0) is 57.7 Å². The van der Waals surface area contributed by atoms with E-state index >= 15 is 0 Å². The molecule has 1 atom stereocenters. The maximum Gasteiger partial charge on any atom is 0.410 e. The summed E-state index contributed by atoms with van der Waals surface area (Å²) < 4.78 is 6.48. The number of benzene rings is 1. The fourth-order valence-corrected chi connectivity index (χ4v) is 4.47. The van der Waals surface area contributed by atoms with Crippen molar-refractivity contribution < 1.29 is 14.3 Å². The van der Waals surface area contributed by atoms with Crippen molar-refractivity contribution in [1.29, 1.82) is 0 Å². The number of aromatic nitrogens is 2. The van der Waals surface area contributed by atoms with E-state index in [1.54, 1.807) is 4.90 Å². The molecule has 2 aromatic rings. The molecule has 0 bridgehead atoms. The number of carbonyl (C=O) groups excluding carboxylic acids is 2. The lowest BCUT2D eigenvalue weighted by Gasteiger charge is -2.27. The molecule has 0 saturated carbocycles. The van der Waals surface area contributed by atoms with Crippen LogP contribution in [0.4, 0.5) is 4.79 Å². The van der Waals surface area contributed by atoms with Crippen LogP contribution in [0.25, 0.3) is 0 Å². The third-order valence-electron chi connectivity index (χ3n) is 4.58. The van der Waals surface area contributed by atoms with Gasteiger partial charge in [0, 0.05) is 17.4 Å². The second-order valence-electron chi connectivity index (χ2n) is 7.90. The van der Waals surface area contributed by atoms with Crippen molar-refractivity contribution in [1.82, 2.24) is 15.1 Å². The number of Topliss-reactive ketones (excluding diaryl/α,β-unsaturated/α-hetero) is 1. The standard InChI is InChI=1S/C20H24BrN3O3S/c1-12-13(7-5-8-14(12)21)11-16(25)18-23-22-17(28-18)15-9-6-10-24(15)19(26)27-20(2,3)4/h5,7-8,15H,6,9-11H2,1-4H3/t15-/m0/s1. The first kappa shape index (κ1) is 20.9. The van der Waals surface area contributed by atoms with Crippen LogP contribution in [0.1, 0.15) is 65.6 Å². The first-order valence-electron chi connectivity index (χ1n) is 9.26. The summed E-state index contributed by atoms with van der Waals surface area (Å²) in [4.78, 5) is 26.9. The Morgan fingerprint density at radius 3 is 2.79 bits per heavy atom. The quantitative estimate of drug-likeness (QED) is 0.586. The molecular formula is C20H24BrN3O3S. The molecule has 1 aromatic heterocycles. The third kappa shape index (κ3) is 4.78. The van der Waals surface area contributed by atoms with Crippen LogP contribution < -0.4 is 0 Å². The predicted molar refractivity (Wildman–Crippen MR) is 112 cm³/mol. The van der Waals surface area contributed by atoms with Crippen LogP contribution >= 0.6 is 27.3 Å². The van der Waals surface area contributed by atoms with Gasteiger partial charge in [-0.15, -0.1) is 10.2 Å². The minimum absolute atomic E-state index is 0.0632. The van der Waals surface area contributed by atoms with E-state index in [9.17, 15) is 9.59 Å². The number of ether oxygens (including phenoxy) is 1. The maximum atomic E-state index is 12.7. The van der Waals surface area contributed by atoms with Crippen LogP contribution in [0.15, 0.2) is 22.7 Å². The van der Waals surface area contributed by atoms with Crippen LogP contribution in [0.3, 0.4) is 0 Å². The van der Waals surface area contributed by atoms with Gasteiger partial charge in [0.15, 0.2) is 10.8 Å². The summed E-state index contributed by atoms with van der Waals surface area (Å²) in [5.74, 6) is -0.0632. The molecule has 0 aliphatic carbocycles. The Labute approximate surface area is 177 Å². The highest BCUT2D eigenvalue weighted by atomic mass is 79.9. The summed E-state index contributed by atoms with van der Waals surface area (Å²) >= 11 is 4.77. The van der Waals surface area contributed by atoms with Gasteiger partial charge in [-0.1, -0.05) is 39.4 Å². The van der Waals surface area contributed by atoms with Gasteiger partial charge in [-0.2, -0.15) is 0 Å². The van der Waals surface area contributed by atoms with E-state index in [0.29, 0.717) is 16.6 Å². The fourth-order valence-electron chi connectivity index (χ4n) is 3.14. The molecule has 28 heavy (non-hydrogen) atoms. The highest BCUT2D eigenvalue weighted by Crippen LogP contribution is 2.35. The van der Waals surface area contributed by atoms with E-state index < -0.39 is 5.60 Å². The normalized spacial score (nSPS) is 17.0. The molecule has 3 rings (SSSR count).